The molecule has 0 saturated heterocycles. The largest absolute Gasteiger partial charge is 0.493 e. The third-order valence-corrected chi connectivity index (χ3v) is 2.63. The molecule has 0 amide bonds. The van der Waals surface area contributed by atoms with Gasteiger partial charge in [-0.1, -0.05) is 0 Å². The van der Waals surface area contributed by atoms with Gasteiger partial charge in [0.1, 0.15) is 6.54 Å². The van der Waals surface area contributed by atoms with Crippen LogP contribution in [0.3, 0.4) is 0 Å². The van der Waals surface area contributed by atoms with Gasteiger partial charge in [-0.05, 0) is 6.92 Å². The number of methoxy groups -OCH3 is 2. The van der Waals surface area contributed by atoms with Crippen LogP contribution in [0.1, 0.15) is 6.92 Å². The molecule has 0 aliphatic heterocycles. The second kappa shape index (κ2) is 5.90. The minimum atomic E-state index is -4.30. The molecule has 2 N–H and O–H groups in total. The molecule has 7 heteroatoms. The van der Waals surface area contributed by atoms with Gasteiger partial charge >= 0.3 is 6.18 Å². The molecule has 1 aromatic carbocycles. The Kier molecular flexibility index (Phi) is 4.74. The highest BCUT2D eigenvalue weighted by Gasteiger charge is 2.31. The minimum Gasteiger partial charge on any atom is -0.493 e. The Morgan fingerprint density at radius 1 is 1.16 bits per heavy atom. The van der Waals surface area contributed by atoms with Crippen molar-refractivity contribution in [2.75, 3.05) is 37.9 Å². The average Bonchev–Trinajstić information content (AvgIpc) is 2.34. The SMILES string of the molecule is CCN(CC(F)(F)F)c1cc(OC)c(OC)cc1N. The molecule has 0 aromatic heterocycles. The third kappa shape index (κ3) is 3.84. The maximum atomic E-state index is 12.5. The summed E-state index contributed by atoms with van der Waals surface area (Å²) in [5.41, 5.74) is 6.26. The van der Waals surface area contributed by atoms with Crippen molar-refractivity contribution in [3.63, 3.8) is 0 Å². The molecule has 4 nitrogen and oxygen atoms in total. The third-order valence-electron chi connectivity index (χ3n) is 2.63. The molecule has 0 aliphatic carbocycles. The fourth-order valence-corrected chi connectivity index (χ4v) is 1.74. The van der Waals surface area contributed by atoms with Crippen molar-refractivity contribution < 1.29 is 22.6 Å². The summed E-state index contributed by atoms with van der Waals surface area (Å²) in [6, 6.07) is 2.90. The standard InChI is InChI=1S/C12H17F3N2O2/c1-4-17(7-12(13,14)15)9-6-11(19-3)10(18-2)5-8(9)16/h5-6H,4,7,16H2,1-3H3. The van der Waals surface area contributed by atoms with Crippen molar-refractivity contribution in [2.45, 2.75) is 13.1 Å². The van der Waals surface area contributed by atoms with Crippen LogP contribution in [0.5, 0.6) is 11.5 Å². The zero-order valence-corrected chi connectivity index (χ0v) is 11.0. The molecular weight excluding hydrogens is 261 g/mol. The number of hydrogen-bond acceptors (Lipinski definition) is 4. The van der Waals surface area contributed by atoms with Gasteiger partial charge in [-0.15, -0.1) is 0 Å². The van der Waals surface area contributed by atoms with Crippen LogP contribution in [0.15, 0.2) is 12.1 Å². The van der Waals surface area contributed by atoms with Crippen LogP contribution in [0.25, 0.3) is 0 Å². The van der Waals surface area contributed by atoms with Crippen LogP contribution >= 0.6 is 0 Å². The molecule has 1 aromatic rings. The lowest BCUT2D eigenvalue weighted by molar-refractivity contribution is -0.119. The molecule has 0 radical (unpaired) electrons. The van der Waals surface area contributed by atoms with Gasteiger partial charge in [0.15, 0.2) is 11.5 Å². The Morgan fingerprint density at radius 3 is 2.11 bits per heavy atom. The highest BCUT2D eigenvalue weighted by atomic mass is 19.4. The minimum absolute atomic E-state index is 0.180. The highest BCUT2D eigenvalue weighted by Crippen LogP contribution is 2.37. The molecule has 19 heavy (non-hydrogen) atoms. The second-order valence-electron chi connectivity index (χ2n) is 3.90. The molecular formula is C12H17F3N2O2. The fourth-order valence-electron chi connectivity index (χ4n) is 1.74. The van der Waals surface area contributed by atoms with E-state index in [1.54, 1.807) is 6.92 Å². The molecule has 0 aliphatic rings. The van der Waals surface area contributed by atoms with Gasteiger partial charge in [0.05, 0.1) is 25.6 Å². The molecule has 0 saturated carbocycles. The number of alkyl halides is 3. The summed E-state index contributed by atoms with van der Waals surface area (Å²) in [7, 11) is 2.85. The second-order valence-corrected chi connectivity index (χ2v) is 3.90. The molecule has 108 valence electrons. The lowest BCUT2D eigenvalue weighted by Gasteiger charge is -2.26. The van der Waals surface area contributed by atoms with Gasteiger partial charge in [-0.3, -0.25) is 0 Å². The number of ether oxygens (including phenoxy) is 2. The van der Waals surface area contributed by atoms with E-state index >= 15 is 0 Å². The smallest absolute Gasteiger partial charge is 0.405 e. The molecule has 0 fully saturated rings. The van der Waals surface area contributed by atoms with Crippen LogP contribution in [-0.2, 0) is 0 Å². The first-order valence-corrected chi connectivity index (χ1v) is 5.65. The van der Waals surface area contributed by atoms with Gasteiger partial charge in [0, 0.05) is 18.7 Å². The highest BCUT2D eigenvalue weighted by molar-refractivity contribution is 5.73. The first-order valence-electron chi connectivity index (χ1n) is 5.65. The topological polar surface area (TPSA) is 47.7 Å². The molecule has 1 rings (SSSR count). The Hall–Kier alpha value is -1.79. The van der Waals surface area contributed by atoms with Crippen molar-refractivity contribution in [3.05, 3.63) is 12.1 Å². The van der Waals surface area contributed by atoms with Crippen molar-refractivity contribution >= 4 is 11.4 Å². The van der Waals surface area contributed by atoms with E-state index in [-0.39, 0.29) is 17.9 Å². The summed E-state index contributed by atoms with van der Waals surface area (Å²) in [5.74, 6) is 0.721. The van der Waals surface area contributed by atoms with Gasteiger partial charge in [0.25, 0.3) is 0 Å². The van der Waals surface area contributed by atoms with E-state index in [9.17, 15) is 13.2 Å². The van der Waals surface area contributed by atoms with E-state index in [1.807, 2.05) is 0 Å². The van der Waals surface area contributed by atoms with Crippen LogP contribution in [0.4, 0.5) is 24.5 Å². The van der Waals surface area contributed by atoms with Gasteiger partial charge < -0.3 is 20.1 Å². The van der Waals surface area contributed by atoms with Crippen molar-refractivity contribution in [2.24, 2.45) is 0 Å². The Labute approximate surface area is 109 Å². The van der Waals surface area contributed by atoms with E-state index in [0.29, 0.717) is 11.5 Å². The number of nitrogens with zero attached hydrogens (tertiary/aromatic N) is 1. The molecule has 0 unspecified atom stereocenters. The summed E-state index contributed by atoms with van der Waals surface area (Å²) in [5, 5.41) is 0. The summed E-state index contributed by atoms with van der Waals surface area (Å²) in [6.07, 6.45) is -4.30. The van der Waals surface area contributed by atoms with Gasteiger partial charge in [-0.25, -0.2) is 0 Å². The number of hydrogen-bond donors (Lipinski definition) is 1. The maximum absolute atomic E-state index is 12.5. The number of halogens is 3. The quantitative estimate of drug-likeness (QED) is 0.841. The molecule has 0 atom stereocenters. The summed E-state index contributed by atoms with van der Waals surface area (Å²) < 4.78 is 47.6. The van der Waals surface area contributed by atoms with Crippen molar-refractivity contribution in [1.82, 2.24) is 0 Å². The Bertz CT molecular complexity index is 436. The molecule has 0 spiro atoms. The lowest BCUT2D eigenvalue weighted by Crippen LogP contribution is -2.34. The fraction of sp³-hybridized carbons (Fsp3) is 0.500. The molecule has 0 heterocycles. The number of nitrogens with two attached hydrogens (primary N) is 1. The van der Waals surface area contributed by atoms with Gasteiger partial charge in [0.2, 0.25) is 0 Å². The van der Waals surface area contributed by atoms with Crippen LogP contribution in [0.2, 0.25) is 0 Å². The van der Waals surface area contributed by atoms with Crippen LogP contribution in [0, 0.1) is 0 Å². The number of anilines is 2. The normalized spacial score (nSPS) is 11.3. The number of nitrogen functional groups attached to an aromatic ring is 1. The summed E-state index contributed by atoms with van der Waals surface area (Å²) in [6.45, 7) is 0.740. The predicted octanol–water partition coefficient (Wildman–Crippen LogP) is 2.67. The first kappa shape index (κ1) is 15.3. The molecule has 0 bridgehead atoms. The summed E-state index contributed by atoms with van der Waals surface area (Å²) >= 11 is 0. The number of rotatable bonds is 5. The van der Waals surface area contributed by atoms with Crippen LogP contribution in [-0.4, -0.2) is 33.5 Å². The van der Waals surface area contributed by atoms with E-state index in [2.05, 4.69) is 0 Å². The lowest BCUT2D eigenvalue weighted by atomic mass is 10.2. The Morgan fingerprint density at radius 2 is 1.68 bits per heavy atom. The summed E-state index contributed by atoms with van der Waals surface area (Å²) in [4.78, 5) is 1.14. The maximum Gasteiger partial charge on any atom is 0.405 e. The van der Waals surface area contributed by atoms with E-state index < -0.39 is 12.7 Å². The predicted molar refractivity (Wildman–Crippen MR) is 67.9 cm³/mol. The number of benzene rings is 1. The van der Waals surface area contributed by atoms with E-state index in [4.69, 9.17) is 15.2 Å². The van der Waals surface area contributed by atoms with Gasteiger partial charge in [-0.2, -0.15) is 13.2 Å². The average molecular weight is 278 g/mol. The zero-order chi connectivity index (χ0) is 14.6. The van der Waals surface area contributed by atoms with E-state index in [0.717, 1.165) is 4.90 Å². The monoisotopic (exact) mass is 278 g/mol. The first-order chi connectivity index (χ1) is 8.82. The van der Waals surface area contributed by atoms with Crippen molar-refractivity contribution in [3.8, 4) is 11.5 Å². The van der Waals surface area contributed by atoms with E-state index in [1.165, 1.54) is 26.4 Å². The zero-order valence-electron chi connectivity index (χ0n) is 11.0. The van der Waals surface area contributed by atoms with Crippen molar-refractivity contribution in [1.29, 1.82) is 0 Å². The van der Waals surface area contributed by atoms with Crippen LogP contribution < -0.4 is 20.1 Å². The Balaban J connectivity index is 3.17.